The van der Waals surface area contributed by atoms with Crippen molar-refractivity contribution in [2.45, 2.75) is 6.92 Å². The monoisotopic (exact) mass is 216 g/mol. The Morgan fingerprint density at radius 1 is 1.46 bits per heavy atom. The van der Waals surface area contributed by atoms with E-state index in [1.54, 1.807) is 13.0 Å². The van der Waals surface area contributed by atoms with Gasteiger partial charge >= 0.3 is 0 Å². The predicted octanol–water partition coefficient (Wildman–Crippen LogP) is 3.03. The van der Waals surface area contributed by atoms with E-state index < -0.39 is 0 Å². The number of aromatic nitrogens is 1. The van der Waals surface area contributed by atoms with E-state index in [2.05, 4.69) is 4.98 Å². The predicted molar refractivity (Wildman–Crippen MR) is 53.2 cm³/mol. The van der Waals surface area contributed by atoms with Crippen LogP contribution in [-0.4, -0.2) is 4.98 Å². The van der Waals surface area contributed by atoms with Gasteiger partial charge in [0.25, 0.3) is 0 Å². The zero-order valence-electron chi connectivity index (χ0n) is 6.77. The minimum absolute atomic E-state index is 0.337. The Morgan fingerprint density at radius 3 is 2.85 bits per heavy atom. The summed E-state index contributed by atoms with van der Waals surface area (Å²) >= 11 is 11.7. The van der Waals surface area contributed by atoms with Gasteiger partial charge in [0.2, 0.25) is 0 Å². The normalized spacial score (nSPS) is 11.0. The maximum Gasteiger partial charge on any atom is 0.192 e. The molecule has 0 aliphatic carbocycles. The van der Waals surface area contributed by atoms with Gasteiger partial charge in [-0.1, -0.05) is 23.2 Å². The summed E-state index contributed by atoms with van der Waals surface area (Å²) in [4.78, 5) is 4.08. The minimum Gasteiger partial charge on any atom is -0.441 e. The molecule has 1 heterocycles. The zero-order valence-corrected chi connectivity index (χ0v) is 8.28. The molecule has 0 amide bonds. The van der Waals surface area contributed by atoms with Crippen LogP contribution in [0.5, 0.6) is 0 Å². The van der Waals surface area contributed by atoms with Gasteiger partial charge in [-0.2, -0.15) is 0 Å². The number of hydrogen-bond acceptors (Lipinski definition) is 3. The molecule has 0 spiro atoms. The lowest BCUT2D eigenvalue weighted by Gasteiger charge is -1.99. The van der Waals surface area contributed by atoms with E-state index in [0.29, 0.717) is 32.7 Å². The van der Waals surface area contributed by atoms with Crippen molar-refractivity contribution in [2.24, 2.45) is 0 Å². The molecular formula is C8H6Cl2N2O. The number of aryl methyl sites for hydroxylation is 1. The summed E-state index contributed by atoms with van der Waals surface area (Å²) in [5, 5.41) is 0.730. The fourth-order valence-corrected chi connectivity index (χ4v) is 1.60. The topological polar surface area (TPSA) is 52.0 Å². The lowest BCUT2D eigenvalue weighted by atomic mass is 10.3. The van der Waals surface area contributed by atoms with E-state index in [0.717, 1.165) is 0 Å². The molecule has 5 heteroatoms. The van der Waals surface area contributed by atoms with Crippen LogP contribution < -0.4 is 5.73 Å². The largest absolute Gasteiger partial charge is 0.441 e. The fourth-order valence-electron chi connectivity index (χ4n) is 1.12. The van der Waals surface area contributed by atoms with Crippen LogP contribution in [0.3, 0.4) is 0 Å². The summed E-state index contributed by atoms with van der Waals surface area (Å²) in [5.41, 5.74) is 7.06. The van der Waals surface area contributed by atoms with Crippen LogP contribution in [0.15, 0.2) is 10.5 Å². The molecule has 2 aromatic rings. The highest BCUT2D eigenvalue weighted by Crippen LogP contribution is 2.34. The Bertz CT molecular complexity index is 478. The van der Waals surface area contributed by atoms with Gasteiger partial charge in [-0.05, 0) is 0 Å². The molecule has 0 saturated heterocycles. The molecule has 1 aromatic carbocycles. The number of oxazole rings is 1. The van der Waals surface area contributed by atoms with Crippen molar-refractivity contribution in [3.63, 3.8) is 0 Å². The first-order valence-corrected chi connectivity index (χ1v) is 4.36. The highest BCUT2D eigenvalue weighted by molar-refractivity contribution is 6.42. The van der Waals surface area contributed by atoms with Crippen LogP contribution in [0.25, 0.3) is 11.1 Å². The van der Waals surface area contributed by atoms with Crippen molar-refractivity contribution in [2.75, 3.05) is 5.73 Å². The average molecular weight is 217 g/mol. The van der Waals surface area contributed by atoms with Gasteiger partial charge in [0, 0.05) is 13.0 Å². The van der Waals surface area contributed by atoms with Crippen molar-refractivity contribution in [1.82, 2.24) is 4.98 Å². The molecule has 3 nitrogen and oxygen atoms in total. The first-order valence-electron chi connectivity index (χ1n) is 3.60. The number of nitrogen functional groups attached to an aromatic ring is 1. The van der Waals surface area contributed by atoms with Crippen LogP contribution in [0.2, 0.25) is 10.0 Å². The molecule has 0 unspecified atom stereocenters. The molecular weight excluding hydrogens is 211 g/mol. The van der Waals surface area contributed by atoms with Crippen molar-refractivity contribution in [1.29, 1.82) is 0 Å². The van der Waals surface area contributed by atoms with Gasteiger partial charge in [0.05, 0.1) is 15.7 Å². The summed E-state index contributed by atoms with van der Waals surface area (Å²) in [6.45, 7) is 1.74. The average Bonchev–Trinajstić information content (AvgIpc) is 2.42. The van der Waals surface area contributed by atoms with Gasteiger partial charge < -0.3 is 10.2 Å². The van der Waals surface area contributed by atoms with Gasteiger partial charge in [0.15, 0.2) is 11.5 Å². The Labute approximate surface area is 84.4 Å². The molecule has 0 atom stereocenters. The van der Waals surface area contributed by atoms with E-state index in [1.165, 1.54) is 0 Å². The second kappa shape index (κ2) is 2.79. The van der Waals surface area contributed by atoms with Crippen LogP contribution in [0, 0.1) is 6.92 Å². The first kappa shape index (κ1) is 8.66. The molecule has 2 rings (SSSR count). The van der Waals surface area contributed by atoms with Crippen LogP contribution in [-0.2, 0) is 0 Å². The number of nitrogens with zero attached hydrogens (tertiary/aromatic N) is 1. The summed E-state index contributed by atoms with van der Waals surface area (Å²) in [7, 11) is 0. The molecule has 0 radical (unpaired) electrons. The van der Waals surface area contributed by atoms with Crippen molar-refractivity contribution < 1.29 is 4.42 Å². The molecule has 68 valence electrons. The second-order valence-corrected chi connectivity index (χ2v) is 3.45. The van der Waals surface area contributed by atoms with E-state index in [-0.39, 0.29) is 0 Å². The SMILES string of the molecule is Cc1nc2c(Cl)c(N)c(Cl)cc2o1. The Hall–Kier alpha value is -0.930. The van der Waals surface area contributed by atoms with Crippen LogP contribution >= 0.6 is 23.2 Å². The summed E-state index contributed by atoms with van der Waals surface area (Å²) in [5.74, 6) is 0.540. The quantitative estimate of drug-likeness (QED) is 0.690. The van der Waals surface area contributed by atoms with E-state index >= 15 is 0 Å². The highest BCUT2D eigenvalue weighted by atomic mass is 35.5. The van der Waals surface area contributed by atoms with Crippen molar-refractivity contribution >= 4 is 40.0 Å². The van der Waals surface area contributed by atoms with Gasteiger partial charge in [-0.25, -0.2) is 4.98 Å². The molecule has 0 saturated carbocycles. The molecule has 1 aromatic heterocycles. The molecule has 13 heavy (non-hydrogen) atoms. The van der Waals surface area contributed by atoms with E-state index in [9.17, 15) is 0 Å². The lowest BCUT2D eigenvalue weighted by Crippen LogP contribution is -1.88. The number of rotatable bonds is 0. The number of anilines is 1. The van der Waals surface area contributed by atoms with E-state index in [1.807, 2.05) is 0 Å². The third kappa shape index (κ3) is 1.24. The maximum atomic E-state index is 5.91. The highest BCUT2D eigenvalue weighted by Gasteiger charge is 2.12. The number of fused-ring (bicyclic) bond motifs is 1. The summed E-state index contributed by atoms with van der Waals surface area (Å²) < 4.78 is 5.25. The molecule has 2 N–H and O–H groups in total. The number of benzene rings is 1. The Kier molecular flexibility index (Phi) is 1.86. The third-order valence-corrected chi connectivity index (χ3v) is 2.42. The van der Waals surface area contributed by atoms with Gasteiger partial charge in [0.1, 0.15) is 5.52 Å². The molecule has 0 fully saturated rings. The molecule has 0 aliphatic heterocycles. The standard InChI is InChI=1S/C8H6Cl2N2O/c1-3-12-8-5(13-3)2-4(9)7(11)6(8)10/h2H,11H2,1H3. The zero-order chi connectivity index (χ0) is 9.59. The van der Waals surface area contributed by atoms with Gasteiger partial charge in [-0.15, -0.1) is 0 Å². The van der Waals surface area contributed by atoms with Crippen LogP contribution in [0.1, 0.15) is 5.89 Å². The van der Waals surface area contributed by atoms with Gasteiger partial charge in [-0.3, -0.25) is 0 Å². The Morgan fingerprint density at radius 2 is 2.15 bits per heavy atom. The Balaban J connectivity index is 2.92. The number of nitrogens with two attached hydrogens (primary N) is 1. The minimum atomic E-state index is 0.337. The second-order valence-electron chi connectivity index (χ2n) is 2.67. The summed E-state index contributed by atoms with van der Waals surface area (Å²) in [6.07, 6.45) is 0. The van der Waals surface area contributed by atoms with Crippen molar-refractivity contribution in [3.05, 3.63) is 22.0 Å². The summed E-state index contributed by atoms with van der Waals surface area (Å²) in [6, 6.07) is 1.61. The lowest BCUT2D eigenvalue weighted by molar-refractivity contribution is 0.561. The number of halogens is 2. The van der Waals surface area contributed by atoms with Crippen LogP contribution in [0.4, 0.5) is 5.69 Å². The first-order chi connectivity index (χ1) is 6.09. The van der Waals surface area contributed by atoms with Crippen molar-refractivity contribution in [3.8, 4) is 0 Å². The fraction of sp³-hybridized carbons (Fsp3) is 0.125. The number of hydrogen-bond donors (Lipinski definition) is 1. The molecule has 0 bridgehead atoms. The third-order valence-electron chi connectivity index (χ3n) is 1.72. The maximum absolute atomic E-state index is 5.91. The van der Waals surface area contributed by atoms with E-state index in [4.69, 9.17) is 33.4 Å². The molecule has 0 aliphatic rings. The smallest absolute Gasteiger partial charge is 0.192 e.